The van der Waals surface area contributed by atoms with Crippen molar-refractivity contribution in [1.82, 2.24) is 9.62 Å². The second-order valence-corrected chi connectivity index (χ2v) is 12.1. The Morgan fingerprint density at radius 3 is 2.20 bits per heavy atom. The lowest BCUT2D eigenvalue weighted by molar-refractivity contribution is -0.137. The third-order valence-electron chi connectivity index (χ3n) is 5.47. The fourth-order valence-electron chi connectivity index (χ4n) is 3.57. The lowest BCUT2D eigenvalue weighted by atomic mass is 10.1. The van der Waals surface area contributed by atoms with Crippen LogP contribution in [0.15, 0.2) is 58.3 Å². The van der Waals surface area contributed by atoms with Crippen molar-refractivity contribution in [1.29, 1.82) is 0 Å². The van der Waals surface area contributed by atoms with Crippen molar-refractivity contribution in [2.75, 3.05) is 26.0 Å². The predicted octanol–water partition coefficient (Wildman–Crippen LogP) is 2.85. The summed E-state index contributed by atoms with van der Waals surface area (Å²) in [6.07, 6.45) is -2.77. The molecule has 1 N–H and O–H groups in total. The van der Waals surface area contributed by atoms with E-state index < -0.39 is 31.6 Å². The van der Waals surface area contributed by atoms with Gasteiger partial charge in [-0.05, 0) is 55.3 Å². The van der Waals surface area contributed by atoms with E-state index in [9.17, 15) is 34.8 Å². The molecule has 192 valence electrons. The molecule has 2 aromatic rings. The number of amides is 1. The molecule has 0 atom stereocenters. The van der Waals surface area contributed by atoms with Crippen LogP contribution < -0.4 is 10.1 Å². The Morgan fingerprint density at radius 1 is 1.03 bits per heavy atom. The van der Waals surface area contributed by atoms with Gasteiger partial charge in [-0.25, -0.2) is 16.8 Å². The fraction of sp³-hybridized carbons (Fsp3) is 0.409. The molecular weight excluding hydrogens is 509 g/mol. The zero-order valence-corrected chi connectivity index (χ0v) is 20.4. The van der Waals surface area contributed by atoms with Gasteiger partial charge in [0.25, 0.3) is 0 Å². The zero-order valence-electron chi connectivity index (χ0n) is 18.8. The molecule has 0 unspecified atom stereocenters. The molecule has 0 saturated carbocycles. The number of hydrogen-bond donors (Lipinski definition) is 1. The molecule has 3 rings (SSSR count). The second-order valence-electron chi connectivity index (χ2n) is 8.11. The number of alkyl halides is 3. The van der Waals surface area contributed by atoms with Gasteiger partial charge < -0.3 is 10.1 Å². The highest BCUT2D eigenvalue weighted by Gasteiger charge is 2.31. The summed E-state index contributed by atoms with van der Waals surface area (Å²) in [5, 5.41) is 2.79. The third-order valence-corrected chi connectivity index (χ3v) is 8.51. The van der Waals surface area contributed by atoms with Gasteiger partial charge in [-0.3, -0.25) is 4.79 Å². The van der Waals surface area contributed by atoms with Crippen molar-refractivity contribution < 1.29 is 39.5 Å². The number of sulfone groups is 1. The molecule has 1 amide bonds. The Balaban J connectivity index is 1.46. The van der Waals surface area contributed by atoms with Gasteiger partial charge in [-0.2, -0.15) is 17.5 Å². The standard InChI is InChI=1S/C22H25F3N2O6S2/c1-34(29,30)19-5-7-20(8-6-19)35(31,32)27-12-9-17(10-13-27)26-21(28)11-14-33-18-4-2-3-16(15-18)22(23,24)25/h2-8,15,17H,9-14H2,1H3,(H,26,28). The van der Waals surface area contributed by atoms with E-state index in [4.69, 9.17) is 4.74 Å². The first-order valence-electron chi connectivity index (χ1n) is 10.7. The molecule has 2 aromatic carbocycles. The number of benzene rings is 2. The van der Waals surface area contributed by atoms with E-state index in [-0.39, 0.29) is 53.6 Å². The predicted molar refractivity (Wildman–Crippen MR) is 121 cm³/mol. The number of nitrogens with zero attached hydrogens (tertiary/aromatic N) is 1. The molecule has 1 aliphatic heterocycles. The van der Waals surface area contributed by atoms with Gasteiger partial charge in [-0.15, -0.1) is 0 Å². The summed E-state index contributed by atoms with van der Waals surface area (Å²) >= 11 is 0. The summed E-state index contributed by atoms with van der Waals surface area (Å²) in [6.45, 7) is 0.230. The van der Waals surface area contributed by atoms with Crippen LogP contribution in [0.25, 0.3) is 0 Å². The Hall–Kier alpha value is -2.64. The summed E-state index contributed by atoms with van der Waals surface area (Å²) in [7, 11) is -7.25. The summed E-state index contributed by atoms with van der Waals surface area (Å²) in [5.74, 6) is -0.342. The van der Waals surface area contributed by atoms with Gasteiger partial charge in [0.2, 0.25) is 15.9 Å². The number of hydrogen-bond acceptors (Lipinski definition) is 6. The first-order valence-corrected chi connectivity index (χ1v) is 14.0. The van der Waals surface area contributed by atoms with Gasteiger partial charge in [0, 0.05) is 25.4 Å². The van der Waals surface area contributed by atoms with Gasteiger partial charge in [-0.1, -0.05) is 6.07 Å². The first-order chi connectivity index (χ1) is 16.3. The Morgan fingerprint density at radius 2 is 1.63 bits per heavy atom. The molecule has 1 saturated heterocycles. The number of piperidine rings is 1. The third kappa shape index (κ3) is 7.18. The minimum absolute atomic E-state index is 0.00992. The highest BCUT2D eigenvalue weighted by atomic mass is 32.2. The van der Waals surface area contributed by atoms with E-state index in [0.717, 1.165) is 18.4 Å². The van der Waals surface area contributed by atoms with Crippen molar-refractivity contribution >= 4 is 25.8 Å². The minimum Gasteiger partial charge on any atom is -0.493 e. The number of carbonyl (C=O) groups excluding carboxylic acids is 1. The van der Waals surface area contributed by atoms with E-state index >= 15 is 0 Å². The normalized spacial score (nSPS) is 16.1. The molecule has 0 bridgehead atoms. The van der Waals surface area contributed by atoms with Crippen LogP contribution in [0.2, 0.25) is 0 Å². The quantitative estimate of drug-likeness (QED) is 0.558. The second kappa shape index (κ2) is 10.5. The summed E-state index contributed by atoms with van der Waals surface area (Å²) < 4.78 is 93.6. The van der Waals surface area contributed by atoms with Crippen LogP contribution in [0.3, 0.4) is 0 Å². The smallest absolute Gasteiger partial charge is 0.416 e. The van der Waals surface area contributed by atoms with Crippen LogP contribution in [0.1, 0.15) is 24.8 Å². The molecule has 1 fully saturated rings. The SMILES string of the molecule is CS(=O)(=O)c1ccc(S(=O)(=O)N2CCC(NC(=O)CCOc3cccc(C(F)(F)F)c3)CC2)cc1. The van der Waals surface area contributed by atoms with Crippen molar-refractivity contribution in [2.45, 2.75) is 41.3 Å². The maximum atomic E-state index is 12.8. The zero-order chi connectivity index (χ0) is 25.9. The number of ether oxygens (including phenoxy) is 1. The van der Waals surface area contributed by atoms with Crippen LogP contribution in [0.5, 0.6) is 5.75 Å². The topological polar surface area (TPSA) is 110 Å². The fourth-order valence-corrected chi connectivity index (χ4v) is 5.67. The van der Waals surface area contributed by atoms with Gasteiger partial charge in [0.05, 0.1) is 28.4 Å². The Kier molecular flexibility index (Phi) is 8.12. The lowest BCUT2D eigenvalue weighted by Crippen LogP contribution is -2.46. The summed E-state index contributed by atoms with van der Waals surface area (Å²) in [6, 6.07) is 9.13. The first kappa shape index (κ1) is 27.0. The van der Waals surface area contributed by atoms with Crippen molar-refractivity contribution in [3.63, 3.8) is 0 Å². The summed E-state index contributed by atoms with van der Waals surface area (Å²) in [4.78, 5) is 12.2. The van der Waals surface area contributed by atoms with E-state index in [1.165, 1.54) is 40.7 Å². The number of halogens is 3. The molecule has 35 heavy (non-hydrogen) atoms. The van der Waals surface area contributed by atoms with Gasteiger partial charge >= 0.3 is 6.18 Å². The Bertz CT molecular complexity index is 1250. The maximum absolute atomic E-state index is 12.8. The van der Waals surface area contributed by atoms with E-state index in [2.05, 4.69) is 5.32 Å². The molecule has 0 aliphatic carbocycles. The minimum atomic E-state index is -4.49. The van der Waals surface area contributed by atoms with E-state index in [0.29, 0.717) is 12.8 Å². The lowest BCUT2D eigenvalue weighted by Gasteiger charge is -2.31. The average molecular weight is 535 g/mol. The molecule has 1 heterocycles. The van der Waals surface area contributed by atoms with Crippen LogP contribution in [-0.4, -0.2) is 59.0 Å². The van der Waals surface area contributed by atoms with E-state index in [1.54, 1.807) is 0 Å². The van der Waals surface area contributed by atoms with Crippen LogP contribution >= 0.6 is 0 Å². The van der Waals surface area contributed by atoms with Crippen LogP contribution in [-0.2, 0) is 30.8 Å². The van der Waals surface area contributed by atoms with Crippen LogP contribution in [0, 0.1) is 0 Å². The molecule has 0 radical (unpaired) electrons. The maximum Gasteiger partial charge on any atom is 0.416 e. The molecule has 0 spiro atoms. The number of carbonyl (C=O) groups is 1. The number of rotatable bonds is 8. The monoisotopic (exact) mass is 534 g/mol. The Labute approximate surface area is 202 Å². The highest BCUT2D eigenvalue weighted by Crippen LogP contribution is 2.31. The number of nitrogens with one attached hydrogen (secondary N) is 1. The molecule has 13 heteroatoms. The van der Waals surface area contributed by atoms with Crippen molar-refractivity contribution in [2.24, 2.45) is 0 Å². The van der Waals surface area contributed by atoms with Gasteiger partial charge in [0.1, 0.15) is 5.75 Å². The summed E-state index contributed by atoms with van der Waals surface area (Å²) in [5.41, 5.74) is -0.840. The average Bonchev–Trinajstić information content (AvgIpc) is 2.78. The number of sulfonamides is 1. The molecule has 8 nitrogen and oxygen atoms in total. The molecule has 0 aromatic heterocycles. The molecular formula is C22H25F3N2O6S2. The van der Waals surface area contributed by atoms with E-state index in [1.807, 2.05) is 0 Å². The van der Waals surface area contributed by atoms with Crippen molar-refractivity contribution in [3.8, 4) is 5.75 Å². The molecule has 1 aliphatic rings. The largest absolute Gasteiger partial charge is 0.493 e. The van der Waals surface area contributed by atoms with Gasteiger partial charge in [0.15, 0.2) is 9.84 Å². The van der Waals surface area contributed by atoms with Crippen molar-refractivity contribution in [3.05, 3.63) is 54.1 Å². The van der Waals surface area contributed by atoms with Crippen LogP contribution in [0.4, 0.5) is 13.2 Å². The highest BCUT2D eigenvalue weighted by molar-refractivity contribution is 7.90.